The molecule has 0 aromatic heterocycles. The lowest BCUT2D eigenvalue weighted by Crippen LogP contribution is -2.53. The van der Waals surface area contributed by atoms with Gasteiger partial charge in [0.1, 0.15) is 18.3 Å². The SMILES string of the molecule is CC[C@H](C(=O)NC(C)C)N(Cc1c(Cl)cccc1Cl)C(=O)CN(c1cc(Cl)ccc1OC)S(=O)(=O)c1ccc(C)c([N+](=O)[O-])c1. The van der Waals surface area contributed by atoms with Crippen LogP contribution in [0.3, 0.4) is 0 Å². The topological polar surface area (TPSA) is 139 Å². The number of benzene rings is 3. The molecule has 0 heterocycles. The second kappa shape index (κ2) is 15.1. The lowest BCUT2D eigenvalue weighted by Gasteiger charge is -2.34. The molecular formula is C30H33Cl3N4O7S. The van der Waals surface area contributed by atoms with Gasteiger partial charge in [-0.3, -0.25) is 24.0 Å². The molecule has 0 saturated heterocycles. The van der Waals surface area contributed by atoms with Crippen molar-refractivity contribution in [2.75, 3.05) is 18.0 Å². The number of nitro benzene ring substituents is 1. The molecule has 2 amide bonds. The Hall–Kier alpha value is -3.58. The third-order valence-electron chi connectivity index (χ3n) is 6.86. The molecule has 0 spiro atoms. The second-order valence-electron chi connectivity index (χ2n) is 10.3. The largest absolute Gasteiger partial charge is 0.495 e. The van der Waals surface area contributed by atoms with Gasteiger partial charge in [-0.1, -0.05) is 53.9 Å². The number of halogens is 3. The molecule has 0 aliphatic heterocycles. The quantitative estimate of drug-likeness (QED) is 0.161. The number of aryl methyl sites for hydroxylation is 1. The van der Waals surface area contributed by atoms with Crippen LogP contribution in [0.1, 0.15) is 38.3 Å². The normalized spacial score (nSPS) is 12.0. The molecule has 3 aromatic carbocycles. The number of hydrogen-bond donors (Lipinski definition) is 1. The first-order chi connectivity index (χ1) is 21.1. The fourth-order valence-corrected chi connectivity index (χ4v) is 6.72. The number of methoxy groups -OCH3 is 1. The Bertz CT molecular complexity index is 1680. The van der Waals surface area contributed by atoms with Gasteiger partial charge in [-0.2, -0.15) is 0 Å². The van der Waals surface area contributed by atoms with Crippen molar-refractivity contribution in [2.24, 2.45) is 0 Å². The van der Waals surface area contributed by atoms with Crippen LogP contribution < -0.4 is 14.4 Å². The molecule has 3 aromatic rings. The van der Waals surface area contributed by atoms with Gasteiger partial charge >= 0.3 is 0 Å². The predicted molar refractivity (Wildman–Crippen MR) is 175 cm³/mol. The van der Waals surface area contributed by atoms with E-state index in [-0.39, 0.29) is 51.1 Å². The number of rotatable bonds is 13. The predicted octanol–water partition coefficient (Wildman–Crippen LogP) is 6.40. The van der Waals surface area contributed by atoms with Crippen LogP contribution in [0.2, 0.25) is 15.1 Å². The first-order valence-corrected chi connectivity index (χ1v) is 16.3. The highest BCUT2D eigenvalue weighted by Gasteiger charge is 2.36. The van der Waals surface area contributed by atoms with Gasteiger partial charge in [-0.15, -0.1) is 0 Å². The lowest BCUT2D eigenvalue weighted by molar-refractivity contribution is -0.385. The van der Waals surface area contributed by atoms with E-state index in [1.807, 2.05) is 0 Å². The zero-order valence-electron chi connectivity index (χ0n) is 25.2. The number of nitrogens with one attached hydrogen (secondary N) is 1. The lowest BCUT2D eigenvalue weighted by atomic mass is 10.1. The van der Waals surface area contributed by atoms with Crippen LogP contribution in [0.4, 0.5) is 11.4 Å². The van der Waals surface area contributed by atoms with Crippen LogP contribution in [0.15, 0.2) is 59.5 Å². The monoisotopic (exact) mass is 698 g/mol. The van der Waals surface area contributed by atoms with Gasteiger partial charge in [0.05, 0.1) is 22.6 Å². The van der Waals surface area contributed by atoms with Crippen LogP contribution in [-0.4, -0.2) is 55.8 Å². The van der Waals surface area contributed by atoms with Crippen molar-refractivity contribution in [3.63, 3.8) is 0 Å². The molecule has 242 valence electrons. The number of sulfonamides is 1. The second-order valence-corrected chi connectivity index (χ2v) is 13.5. The maximum Gasteiger partial charge on any atom is 0.273 e. The number of carbonyl (C=O) groups excluding carboxylic acids is 2. The van der Waals surface area contributed by atoms with E-state index >= 15 is 0 Å². The number of nitro groups is 1. The molecule has 0 unspecified atom stereocenters. The summed E-state index contributed by atoms with van der Waals surface area (Å²) in [5.74, 6) is -1.19. The molecule has 15 heteroatoms. The Kier molecular flexibility index (Phi) is 12.1. The Balaban J connectivity index is 2.23. The fourth-order valence-electron chi connectivity index (χ4n) is 4.60. The summed E-state index contributed by atoms with van der Waals surface area (Å²) in [4.78, 5) is 39.4. The highest BCUT2D eigenvalue weighted by molar-refractivity contribution is 7.92. The van der Waals surface area contributed by atoms with Gasteiger partial charge in [0.2, 0.25) is 11.8 Å². The molecule has 45 heavy (non-hydrogen) atoms. The maximum atomic E-state index is 14.3. The number of carbonyl (C=O) groups is 2. The van der Waals surface area contributed by atoms with Gasteiger partial charge in [-0.25, -0.2) is 8.42 Å². The van der Waals surface area contributed by atoms with E-state index in [1.54, 1.807) is 39.0 Å². The third kappa shape index (κ3) is 8.37. The number of ether oxygens (including phenoxy) is 1. The minimum Gasteiger partial charge on any atom is -0.495 e. The summed E-state index contributed by atoms with van der Waals surface area (Å²) in [7, 11) is -3.36. The van der Waals surface area contributed by atoms with E-state index in [0.717, 1.165) is 10.4 Å². The zero-order chi connectivity index (χ0) is 33.6. The van der Waals surface area contributed by atoms with E-state index in [2.05, 4.69) is 5.32 Å². The molecule has 0 fully saturated rings. The summed E-state index contributed by atoms with van der Waals surface area (Å²) < 4.78 is 34.7. The Morgan fingerprint density at radius 1 is 1.04 bits per heavy atom. The van der Waals surface area contributed by atoms with Crippen molar-refractivity contribution >= 4 is 68.0 Å². The van der Waals surface area contributed by atoms with Crippen molar-refractivity contribution in [3.05, 3.63) is 90.9 Å². The van der Waals surface area contributed by atoms with Crippen LogP contribution in [0.25, 0.3) is 0 Å². The van der Waals surface area contributed by atoms with Crippen molar-refractivity contribution < 1.29 is 27.7 Å². The number of nitrogens with zero attached hydrogens (tertiary/aromatic N) is 3. The van der Waals surface area contributed by atoms with E-state index in [1.165, 1.54) is 49.3 Å². The Morgan fingerprint density at radius 2 is 1.69 bits per heavy atom. The standard InChI is InChI=1S/C30H33Cl3N4O7S/c1-6-25(30(39)34-18(2)3)35(16-22-23(32)8-7-9-24(22)33)29(38)17-36(27-14-20(31)11-13-28(27)44-5)45(42,43)21-12-10-19(4)26(15-21)37(40)41/h7-15,18,25H,6,16-17H2,1-5H3,(H,34,39)/t25-/m1/s1. The molecule has 0 aliphatic carbocycles. The van der Waals surface area contributed by atoms with Crippen LogP contribution >= 0.6 is 34.8 Å². The molecule has 1 N–H and O–H groups in total. The Labute approximate surface area is 277 Å². The summed E-state index contributed by atoms with van der Waals surface area (Å²) in [5, 5.41) is 15.1. The highest BCUT2D eigenvalue weighted by Crippen LogP contribution is 2.36. The molecule has 0 saturated carbocycles. The molecule has 1 atom stereocenters. The van der Waals surface area contributed by atoms with Gasteiger partial charge < -0.3 is 15.0 Å². The molecule has 0 radical (unpaired) electrons. The zero-order valence-corrected chi connectivity index (χ0v) is 28.3. The number of hydrogen-bond acceptors (Lipinski definition) is 7. The first-order valence-electron chi connectivity index (χ1n) is 13.8. The molecule has 11 nitrogen and oxygen atoms in total. The van der Waals surface area contributed by atoms with E-state index < -0.39 is 49.9 Å². The summed E-state index contributed by atoms with van der Waals surface area (Å²) in [5.41, 5.74) is 0.0735. The maximum absolute atomic E-state index is 14.3. The number of amides is 2. The average Bonchev–Trinajstić information content (AvgIpc) is 2.96. The highest BCUT2D eigenvalue weighted by atomic mass is 35.5. The molecule has 3 rings (SSSR count). The van der Waals surface area contributed by atoms with Gasteiger partial charge in [0, 0.05) is 44.8 Å². The minimum atomic E-state index is -4.68. The Morgan fingerprint density at radius 3 is 2.24 bits per heavy atom. The van der Waals surface area contributed by atoms with Crippen molar-refractivity contribution in [2.45, 2.75) is 57.6 Å². The minimum absolute atomic E-state index is 0.0580. The van der Waals surface area contributed by atoms with Gasteiger partial charge in [0.25, 0.3) is 15.7 Å². The van der Waals surface area contributed by atoms with Crippen molar-refractivity contribution in [1.29, 1.82) is 0 Å². The molecule has 0 aliphatic rings. The summed E-state index contributed by atoms with van der Waals surface area (Å²) in [6.45, 7) is 5.65. The van der Waals surface area contributed by atoms with Crippen LogP contribution in [0.5, 0.6) is 5.75 Å². The summed E-state index contributed by atoms with van der Waals surface area (Å²) in [6, 6.07) is 11.1. The van der Waals surface area contributed by atoms with E-state index in [9.17, 15) is 28.1 Å². The van der Waals surface area contributed by atoms with Gasteiger partial charge in [-0.05, 0) is 63.6 Å². The molecular weight excluding hydrogens is 667 g/mol. The van der Waals surface area contributed by atoms with Crippen LogP contribution in [-0.2, 0) is 26.2 Å². The van der Waals surface area contributed by atoms with Crippen LogP contribution in [0, 0.1) is 17.0 Å². The third-order valence-corrected chi connectivity index (χ3v) is 9.56. The van der Waals surface area contributed by atoms with E-state index in [0.29, 0.717) is 5.56 Å². The van der Waals surface area contributed by atoms with E-state index in [4.69, 9.17) is 39.5 Å². The average molecular weight is 700 g/mol. The van der Waals surface area contributed by atoms with Crippen molar-refractivity contribution in [3.8, 4) is 5.75 Å². The fraction of sp³-hybridized carbons (Fsp3) is 0.333. The number of anilines is 1. The molecule has 0 bridgehead atoms. The van der Waals surface area contributed by atoms with Gasteiger partial charge in [0.15, 0.2) is 0 Å². The first kappa shape index (κ1) is 35.9. The van der Waals surface area contributed by atoms with Crippen molar-refractivity contribution in [1.82, 2.24) is 10.2 Å². The summed E-state index contributed by atoms with van der Waals surface area (Å²) in [6.07, 6.45) is 0.170. The summed E-state index contributed by atoms with van der Waals surface area (Å²) >= 11 is 19.1. The smallest absolute Gasteiger partial charge is 0.273 e.